The van der Waals surface area contributed by atoms with Crippen molar-refractivity contribution < 1.29 is 36.9 Å². The zero-order valence-electron chi connectivity index (χ0n) is 41.1. The number of carbonyl (C=O) groups is 1. The molecule has 1 amide bonds. The van der Waals surface area contributed by atoms with E-state index < -0.39 is 37.0 Å². The fourth-order valence-corrected chi connectivity index (χ4v) is 18.0. The molecule has 7 heterocycles. The summed E-state index contributed by atoms with van der Waals surface area (Å²) in [5.74, 6) is 2.77. The van der Waals surface area contributed by atoms with Gasteiger partial charge >= 0.3 is 12.1 Å². The largest absolute Gasteiger partial charge is 0.468 e. The van der Waals surface area contributed by atoms with Crippen molar-refractivity contribution in [2.75, 3.05) is 45.0 Å². The van der Waals surface area contributed by atoms with Gasteiger partial charge in [-0.25, -0.2) is 22.9 Å². The third-order valence-electron chi connectivity index (χ3n) is 15.6. The van der Waals surface area contributed by atoms with Crippen LogP contribution in [0.25, 0.3) is 32.9 Å². The smallest absolute Gasteiger partial charge is 0.410 e. The maximum absolute atomic E-state index is 18.3. The quantitative estimate of drug-likeness (QED) is 0.0867. The first-order valence-electron chi connectivity index (χ1n) is 24.4. The lowest BCUT2D eigenvalue weighted by Gasteiger charge is -2.47. The summed E-state index contributed by atoms with van der Waals surface area (Å²) in [6.45, 7) is 22.6. The molecule has 9 rings (SSSR count). The van der Waals surface area contributed by atoms with Crippen LogP contribution in [-0.2, 0) is 9.47 Å². The molecule has 4 aromatic rings. The summed E-state index contributed by atoms with van der Waals surface area (Å²) in [5, 5.41) is 1.50. The van der Waals surface area contributed by atoms with Crippen molar-refractivity contribution in [1.82, 2.24) is 24.8 Å². The van der Waals surface area contributed by atoms with Gasteiger partial charge in [-0.05, 0) is 99.6 Å². The van der Waals surface area contributed by atoms with E-state index in [-0.39, 0.29) is 66.3 Å². The topological polar surface area (TPSA) is 102 Å². The van der Waals surface area contributed by atoms with E-state index in [4.69, 9.17) is 33.9 Å². The van der Waals surface area contributed by atoms with Crippen LogP contribution in [0, 0.1) is 23.1 Å². The Kier molecular flexibility index (Phi) is 12.5. The number of hydrogen-bond donors (Lipinski definition) is 0. The number of anilines is 1. The summed E-state index contributed by atoms with van der Waals surface area (Å²) in [5.41, 5.74) is 4.49. The van der Waals surface area contributed by atoms with Crippen LogP contribution in [0.5, 0.6) is 11.8 Å². The lowest BCUT2D eigenvalue weighted by Crippen LogP contribution is -2.62. The van der Waals surface area contributed by atoms with E-state index >= 15 is 8.78 Å². The minimum Gasteiger partial charge on any atom is -0.468 e. The Bertz CT molecular complexity index is 2630. The number of nitrogens with zero attached hydrogens (tertiary/aromatic N) is 6. The first-order valence-corrected chi connectivity index (χ1v) is 26.6. The fourth-order valence-electron chi connectivity index (χ4n) is 12.8. The number of hydrogen-bond acceptors (Lipinski definition) is 10. The molecule has 0 N–H and O–H groups in total. The van der Waals surface area contributed by atoms with Gasteiger partial charge in [0, 0.05) is 43.5 Å². The summed E-state index contributed by atoms with van der Waals surface area (Å²) in [6, 6.07) is 5.98. The molecule has 5 aliphatic heterocycles. The van der Waals surface area contributed by atoms with E-state index in [0.717, 1.165) is 32.2 Å². The van der Waals surface area contributed by atoms with Crippen LogP contribution in [-0.4, -0.2) is 114 Å². The van der Waals surface area contributed by atoms with E-state index in [1.165, 1.54) is 13.2 Å². The van der Waals surface area contributed by atoms with Crippen molar-refractivity contribution in [2.45, 2.75) is 166 Å². The van der Waals surface area contributed by atoms with Gasteiger partial charge in [-0.2, -0.15) is 9.97 Å². The Morgan fingerprint density at radius 1 is 0.970 bits per heavy atom. The molecule has 4 saturated heterocycles. The standard InChI is InChI=1S/C52H67F3N6O5Si/c1-29(2)67(30(3)4,31(5)6)20-17-37-39(54)15-13-33-22-36(65-28-63-11)23-38(42(33)37)46-44(55)47-43-45(56-46)32(7)21-41-40-16-14-35(61(40)50(62)66-51(8,9)10)26-60(41)48(43)58-49(57-47)64-27-52-18-12-19-59(52)25-34(53)24-52/h13,15,22-23,29-32,34-35,40-41H,12,14,16,18-19,21,24-28H2,1-11H3/t32-,34+,35+,40-,41+,52-/m0/s1. The van der Waals surface area contributed by atoms with E-state index in [9.17, 15) is 9.18 Å². The number of ether oxygens (including phenoxy) is 4. The van der Waals surface area contributed by atoms with Gasteiger partial charge in [-0.3, -0.25) is 9.80 Å². The zero-order chi connectivity index (χ0) is 47.9. The molecule has 67 heavy (non-hydrogen) atoms. The zero-order valence-corrected chi connectivity index (χ0v) is 42.1. The second kappa shape index (κ2) is 17.7. The highest BCUT2D eigenvalue weighted by Crippen LogP contribution is 2.49. The van der Waals surface area contributed by atoms with Gasteiger partial charge in [0.15, 0.2) is 12.6 Å². The third-order valence-corrected chi connectivity index (χ3v) is 21.9. The number of pyridine rings is 1. The summed E-state index contributed by atoms with van der Waals surface area (Å²) in [7, 11) is -0.831. The summed E-state index contributed by atoms with van der Waals surface area (Å²) < 4.78 is 73.8. The Balaban J connectivity index is 1.27. The highest BCUT2D eigenvalue weighted by Gasteiger charge is 2.53. The van der Waals surface area contributed by atoms with E-state index in [1.54, 1.807) is 18.2 Å². The highest BCUT2D eigenvalue weighted by atomic mass is 28.3. The number of rotatable bonds is 10. The molecule has 15 heteroatoms. The number of alkyl halides is 1. The molecular weight excluding hydrogens is 874 g/mol. The second-order valence-corrected chi connectivity index (χ2v) is 27.4. The van der Waals surface area contributed by atoms with Gasteiger partial charge in [0.2, 0.25) is 0 Å². The highest BCUT2D eigenvalue weighted by molar-refractivity contribution is 6.90. The van der Waals surface area contributed by atoms with Gasteiger partial charge in [0.05, 0.1) is 40.3 Å². The Morgan fingerprint density at radius 3 is 2.42 bits per heavy atom. The van der Waals surface area contributed by atoms with Gasteiger partial charge in [-0.1, -0.05) is 60.5 Å². The molecule has 2 bridgehead atoms. The molecule has 0 radical (unpaired) electrons. The van der Waals surface area contributed by atoms with Crippen molar-refractivity contribution in [1.29, 1.82) is 0 Å². The molecule has 360 valence electrons. The molecule has 2 aromatic carbocycles. The summed E-state index contributed by atoms with van der Waals surface area (Å²) in [6.07, 6.45) is 2.88. The van der Waals surface area contributed by atoms with Gasteiger partial charge in [0.1, 0.15) is 55.0 Å². The van der Waals surface area contributed by atoms with Gasteiger partial charge < -0.3 is 23.8 Å². The van der Waals surface area contributed by atoms with Crippen LogP contribution in [0.4, 0.5) is 23.8 Å². The van der Waals surface area contributed by atoms with Crippen LogP contribution in [0.2, 0.25) is 16.6 Å². The van der Waals surface area contributed by atoms with E-state index in [1.807, 2.05) is 25.7 Å². The Morgan fingerprint density at radius 2 is 1.72 bits per heavy atom. The number of amides is 1. The summed E-state index contributed by atoms with van der Waals surface area (Å²) in [4.78, 5) is 35.5. The molecule has 2 aromatic heterocycles. The average molecular weight is 941 g/mol. The van der Waals surface area contributed by atoms with Gasteiger partial charge in [0.25, 0.3) is 0 Å². The van der Waals surface area contributed by atoms with Crippen molar-refractivity contribution in [2.24, 2.45) is 0 Å². The number of methoxy groups -OCH3 is 1. The van der Waals surface area contributed by atoms with E-state index in [0.29, 0.717) is 81.5 Å². The molecule has 5 aliphatic rings. The number of fused-ring (bicyclic) bond motifs is 7. The molecule has 0 saturated carbocycles. The van der Waals surface area contributed by atoms with Crippen LogP contribution in [0.1, 0.15) is 125 Å². The number of halogens is 3. The molecule has 6 atom stereocenters. The molecular formula is C52H67F3N6O5Si. The van der Waals surface area contributed by atoms with Crippen LogP contribution in [0.3, 0.4) is 0 Å². The average Bonchev–Trinajstić information content (AvgIpc) is 3.88. The molecule has 0 spiro atoms. The first-order chi connectivity index (χ1) is 31.8. The van der Waals surface area contributed by atoms with Crippen molar-refractivity contribution in [3.05, 3.63) is 47.2 Å². The first kappa shape index (κ1) is 47.4. The van der Waals surface area contributed by atoms with Crippen LogP contribution >= 0.6 is 0 Å². The van der Waals surface area contributed by atoms with Gasteiger partial charge in [-0.15, -0.1) is 5.54 Å². The third kappa shape index (κ3) is 8.20. The Labute approximate surface area is 394 Å². The fraction of sp³-hybridized carbons (Fsp3) is 0.615. The minimum absolute atomic E-state index is 0.0137. The monoisotopic (exact) mass is 940 g/mol. The molecule has 4 fully saturated rings. The maximum Gasteiger partial charge on any atom is 0.410 e. The summed E-state index contributed by atoms with van der Waals surface area (Å²) >= 11 is 0. The molecule has 0 aliphatic carbocycles. The lowest BCUT2D eigenvalue weighted by atomic mass is 9.91. The molecule has 0 unspecified atom stereocenters. The number of piperazine rings is 1. The normalized spacial score (nSPS) is 24.9. The van der Waals surface area contributed by atoms with Crippen LogP contribution < -0.4 is 14.4 Å². The van der Waals surface area contributed by atoms with Crippen molar-refractivity contribution in [3.63, 3.8) is 0 Å². The number of aromatic nitrogens is 3. The second-order valence-electron chi connectivity index (χ2n) is 21.8. The van der Waals surface area contributed by atoms with E-state index in [2.05, 4.69) is 69.7 Å². The lowest BCUT2D eigenvalue weighted by molar-refractivity contribution is 0.00691. The molecule has 11 nitrogen and oxygen atoms in total. The number of benzene rings is 2. The van der Waals surface area contributed by atoms with Crippen molar-refractivity contribution >= 4 is 41.7 Å². The minimum atomic E-state index is -2.35. The number of carbonyl (C=O) groups excluding carboxylic acids is 1. The predicted octanol–water partition coefficient (Wildman–Crippen LogP) is 11.1. The predicted molar refractivity (Wildman–Crippen MR) is 258 cm³/mol. The van der Waals surface area contributed by atoms with Crippen LogP contribution in [0.15, 0.2) is 24.3 Å². The SMILES string of the molecule is COCOc1cc(-c2nc3c4c(nc(OC[C@@]56CCCN5C[C@H](F)C6)nc4c2F)N2C[C@H]4CC[C@@H]([C@H]2C[C@@H]3C)N4C(=O)OC(C)(C)C)c2c(C#C[Si](C(C)C)(C(C)C)C(C)C)c(F)ccc2c1. The Hall–Kier alpha value is -4.65. The maximum atomic E-state index is 18.3. The van der Waals surface area contributed by atoms with Crippen molar-refractivity contribution in [3.8, 4) is 34.5 Å².